The molecule has 1 heterocycles. The molecule has 1 aliphatic heterocycles. The van der Waals surface area contributed by atoms with Gasteiger partial charge in [0.25, 0.3) is 0 Å². The van der Waals surface area contributed by atoms with Gasteiger partial charge in [-0.15, -0.1) is 0 Å². The van der Waals surface area contributed by atoms with Gasteiger partial charge in [-0.3, -0.25) is 0 Å². The van der Waals surface area contributed by atoms with E-state index in [1.165, 1.54) is 18.2 Å². The summed E-state index contributed by atoms with van der Waals surface area (Å²) >= 11 is 5.69. The number of rotatable bonds is 3. The SMILES string of the molecule is O=C(O)c1cc(Cl)ccc1OC1CS(=O)(=O)CC1O. The topological polar surface area (TPSA) is 101 Å². The van der Waals surface area contributed by atoms with Crippen LogP contribution >= 0.6 is 11.6 Å². The number of carbonyl (C=O) groups is 1. The molecule has 2 N–H and O–H groups in total. The number of carboxylic acids is 1. The molecule has 1 aliphatic rings. The number of aromatic carboxylic acids is 1. The van der Waals surface area contributed by atoms with E-state index in [1.807, 2.05) is 0 Å². The van der Waals surface area contributed by atoms with Gasteiger partial charge >= 0.3 is 5.97 Å². The van der Waals surface area contributed by atoms with Crippen LogP contribution in [-0.2, 0) is 9.84 Å². The molecule has 2 unspecified atom stereocenters. The van der Waals surface area contributed by atoms with Crippen LogP contribution < -0.4 is 4.74 Å². The predicted molar refractivity (Wildman–Crippen MR) is 67.5 cm³/mol. The highest BCUT2D eigenvalue weighted by atomic mass is 35.5. The maximum Gasteiger partial charge on any atom is 0.339 e. The Bertz CT molecular complexity index is 612. The molecule has 6 nitrogen and oxygen atoms in total. The van der Waals surface area contributed by atoms with Crippen molar-refractivity contribution in [1.29, 1.82) is 0 Å². The van der Waals surface area contributed by atoms with Crippen LogP contribution in [0.3, 0.4) is 0 Å². The van der Waals surface area contributed by atoms with Gasteiger partial charge in [0, 0.05) is 5.02 Å². The van der Waals surface area contributed by atoms with Gasteiger partial charge in [-0.05, 0) is 18.2 Å². The number of carboxylic acid groups (broad SMARTS) is 1. The standard InChI is InChI=1S/C11H11ClO6S/c12-6-1-2-9(7(3-6)11(14)15)18-10-5-19(16,17)4-8(10)13/h1-3,8,10,13H,4-5H2,(H,14,15). The van der Waals surface area contributed by atoms with Crippen molar-refractivity contribution in [2.45, 2.75) is 12.2 Å². The Labute approximate surface area is 114 Å². The largest absolute Gasteiger partial charge is 0.486 e. The van der Waals surface area contributed by atoms with Gasteiger partial charge in [0.15, 0.2) is 9.84 Å². The fourth-order valence-corrected chi connectivity index (χ4v) is 3.68. The van der Waals surface area contributed by atoms with E-state index in [0.29, 0.717) is 0 Å². The van der Waals surface area contributed by atoms with Gasteiger partial charge in [-0.25, -0.2) is 13.2 Å². The lowest BCUT2D eigenvalue weighted by Crippen LogP contribution is -2.30. The molecule has 1 saturated heterocycles. The van der Waals surface area contributed by atoms with E-state index in [2.05, 4.69) is 0 Å². The van der Waals surface area contributed by atoms with Crippen LogP contribution in [0.2, 0.25) is 5.02 Å². The maximum absolute atomic E-state index is 11.3. The van der Waals surface area contributed by atoms with Gasteiger partial charge in [0.05, 0.1) is 11.5 Å². The number of benzene rings is 1. The molecule has 104 valence electrons. The number of hydrogen-bond donors (Lipinski definition) is 2. The van der Waals surface area contributed by atoms with Crippen molar-refractivity contribution < 1.29 is 28.2 Å². The summed E-state index contributed by atoms with van der Waals surface area (Å²) in [4.78, 5) is 11.0. The summed E-state index contributed by atoms with van der Waals surface area (Å²) < 4.78 is 28.0. The van der Waals surface area contributed by atoms with Gasteiger partial charge in [-0.2, -0.15) is 0 Å². The molecule has 0 amide bonds. The van der Waals surface area contributed by atoms with Gasteiger partial charge in [-0.1, -0.05) is 11.6 Å². The predicted octanol–water partition coefficient (Wildman–Crippen LogP) is 0.575. The third kappa shape index (κ3) is 3.17. The zero-order chi connectivity index (χ0) is 14.2. The Morgan fingerprint density at radius 2 is 2.05 bits per heavy atom. The Kier molecular flexibility index (Phi) is 3.71. The normalized spacial score (nSPS) is 25.2. The summed E-state index contributed by atoms with van der Waals surface area (Å²) in [5, 5.41) is 18.8. The Hall–Kier alpha value is -1.31. The average Bonchev–Trinajstić information content (AvgIpc) is 2.54. The van der Waals surface area contributed by atoms with E-state index in [0.717, 1.165) is 0 Å². The molecule has 19 heavy (non-hydrogen) atoms. The second-order valence-electron chi connectivity index (χ2n) is 4.25. The van der Waals surface area contributed by atoms with E-state index in [-0.39, 0.29) is 27.8 Å². The van der Waals surface area contributed by atoms with Crippen molar-refractivity contribution >= 4 is 27.4 Å². The van der Waals surface area contributed by atoms with E-state index < -0.39 is 28.0 Å². The van der Waals surface area contributed by atoms with Crippen molar-refractivity contribution in [3.05, 3.63) is 28.8 Å². The van der Waals surface area contributed by atoms with E-state index in [9.17, 15) is 18.3 Å². The first kappa shape index (κ1) is 14.1. The van der Waals surface area contributed by atoms with Crippen LogP contribution in [0.15, 0.2) is 18.2 Å². The summed E-state index contributed by atoms with van der Waals surface area (Å²) in [5.41, 5.74) is -0.177. The van der Waals surface area contributed by atoms with Crippen LogP contribution in [0.1, 0.15) is 10.4 Å². The van der Waals surface area contributed by atoms with Crippen LogP contribution in [-0.4, -0.2) is 48.3 Å². The molecule has 2 atom stereocenters. The first-order chi connectivity index (χ1) is 8.78. The molecule has 0 aliphatic carbocycles. The van der Waals surface area contributed by atoms with Crippen LogP contribution in [0.25, 0.3) is 0 Å². The molecule has 8 heteroatoms. The Morgan fingerprint density at radius 3 is 2.58 bits per heavy atom. The number of halogens is 1. The minimum Gasteiger partial charge on any atom is -0.486 e. The van der Waals surface area contributed by atoms with Gasteiger partial charge < -0.3 is 14.9 Å². The lowest BCUT2D eigenvalue weighted by atomic mass is 10.2. The summed E-state index contributed by atoms with van der Waals surface area (Å²) in [6.45, 7) is 0. The summed E-state index contributed by atoms with van der Waals surface area (Å²) in [5.74, 6) is -1.98. The zero-order valence-corrected chi connectivity index (χ0v) is 11.2. The molecule has 1 fully saturated rings. The number of aliphatic hydroxyl groups excluding tert-OH is 1. The first-order valence-corrected chi connectivity index (χ1v) is 7.56. The van der Waals surface area contributed by atoms with Gasteiger partial charge in [0.2, 0.25) is 0 Å². The summed E-state index contributed by atoms with van der Waals surface area (Å²) in [6, 6.07) is 3.97. The molecular formula is C11H11ClO6S. The Morgan fingerprint density at radius 1 is 1.37 bits per heavy atom. The van der Waals surface area contributed by atoms with Crippen molar-refractivity contribution in [2.24, 2.45) is 0 Å². The molecular weight excluding hydrogens is 296 g/mol. The van der Waals surface area contributed by atoms with Crippen LogP contribution in [0, 0.1) is 0 Å². The van der Waals surface area contributed by atoms with Crippen LogP contribution in [0.5, 0.6) is 5.75 Å². The molecule has 0 aromatic heterocycles. The van der Waals surface area contributed by atoms with Crippen molar-refractivity contribution in [3.8, 4) is 5.75 Å². The highest BCUT2D eigenvalue weighted by molar-refractivity contribution is 7.91. The molecule has 2 rings (SSSR count). The van der Waals surface area contributed by atoms with E-state index in [1.54, 1.807) is 0 Å². The highest BCUT2D eigenvalue weighted by Gasteiger charge is 2.38. The third-order valence-electron chi connectivity index (χ3n) is 2.72. The molecule has 1 aromatic carbocycles. The second-order valence-corrected chi connectivity index (χ2v) is 6.84. The van der Waals surface area contributed by atoms with Crippen molar-refractivity contribution in [1.82, 2.24) is 0 Å². The smallest absolute Gasteiger partial charge is 0.339 e. The van der Waals surface area contributed by atoms with E-state index >= 15 is 0 Å². The number of sulfone groups is 1. The lowest BCUT2D eigenvalue weighted by Gasteiger charge is -2.17. The van der Waals surface area contributed by atoms with Gasteiger partial charge in [0.1, 0.15) is 23.5 Å². The first-order valence-electron chi connectivity index (χ1n) is 5.36. The fraction of sp³-hybridized carbons (Fsp3) is 0.364. The summed E-state index contributed by atoms with van der Waals surface area (Å²) in [6.07, 6.45) is -2.13. The number of ether oxygens (including phenoxy) is 1. The highest BCUT2D eigenvalue weighted by Crippen LogP contribution is 2.26. The molecule has 0 spiro atoms. The summed E-state index contributed by atoms with van der Waals surface area (Å²) in [7, 11) is -3.35. The average molecular weight is 307 g/mol. The molecule has 0 saturated carbocycles. The second kappa shape index (κ2) is 4.99. The quantitative estimate of drug-likeness (QED) is 0.847. The van der Waals surface area contributed by atoms with Crippen molar-refractivity contribution in [2.75, 3.05) is 11.5 Å². The minimum absolute atomic E-state index is 0.0157. The minimum atomic E-state index is -3.35. The van der Waals surface area contributed by atoms with Crippen LogP contribution in [0.4, 0.5) is 0 Å². The molecule has 0 bridgehead atoms. The lowest BCUT2D eigenvalue weighted by molar-refractivity contribution is 0.0636. The maximum atomic E-state index is 11.3. The monoisotopic (exact) mass is 306 g/mol. The van der Waals surface area contributed by atoms with Crippen molar-refractivity contribution in [3.63, 3.8) is 0 Å². The third-order valence-corrected chi connectivity index (χ3v) is 4.64. The fourth-order valence-electron chi connectivity index (χ4n) is 1.84. The van der Waals surface area contributed by atoms with E-state index in [4.69, 9.17) is 21.4 Å². The molecule has 1 aromatic rings. The molecule has 0 radical (unpaired) electrons. The number of hydrogen-bond acceptors (Lipinski definition) is 5. The Balaban J connectivity index is 2.27. The number of aliphatic hydroxyl groups is 1. The zero-order valence-electron chi connectivity index (χ0n) is 9.61.